The molecule has 0 spiro atoms. The van der Waals surface area contributed by atoms with Crippen molar-refractivity contribution in [2.75, 3.05) is 6.54 Å². The Kier molecular flexibility index (Phi) is 6.01. The largest absolute Gasteiger partial charge is 0.309 e. The number of rotatable bonds is 6. The van der Waals surface area contributed by atoms with E-state index >= 15 is 0 Å². The van der Waals surface area contributed by atoms with Crippen LogP contribution < -0.4 is 5.32 Å². The first-order valence-corrected chi connectivity index (χ1v) is 8.68. The molecule has 1 atom stereocenters. The summed E-state index contributed by atoms with van der Waals surface area (Å²) in [6.45, 7) is 3.22. The van der Waals surface area contributed by atoms with Crippen LogP contribution in [0, 0.1) is 0 Å². The molecule has 0 saturated carbocycles. The summed E-state index contributed by atoms with van der Waals surface area (Å²) in [4.78, 5) is 5.42. The van der Waals surface area contributed by atoms with Crippen molar-refractivity contribution in [3.8, 4) is 0 Å². The van der Waals surface area contributed by atoms with Crippen LogP contribution in [0.3, 0.4) is 0 Å². The Hall–Kier alpha value is -0.230. The van der Waals surface area contributed by atoms with Gasteiger partial charge in [0.05, 0.1) is 3.79 Å². The third kappa shape index (κ3) is 4.38. The molecule has 2 aromatic rings. The molecule has 2 nitrogen and oxygen atoms in total. The topological polar surface area (TPSA) is 24.9 Å². The van der Waals surface area contributed by atoms with Gasteiger partial charge < -0.3 is 5.32 Å². The molecule has 0 aliphatic rings. The Bertz CT molecular complexity index is 494. The number of pyridine rings is 1. The van der Waals surface area contributed by atoms with Crippen molar-refractivity contribution < 1.29 is 0 Å². The average molecular weight is 404 g/mol. The van der Waals surface area contributed by atoms with E-state index in [0.717, 1.165) is 27.6 Å². The van der Waals surface area contributed by atoms with Gasteiger partial charge in [0.25, 0.3) is 0 Å². The minimum atomic E-state index is 0.356. The summed E-state index contributed by atoms with van der Waals surface area (Å²) in [6, 6.07) is 6.72. The van der Waals surface area contributed by atoms with Gasteiger partial charge in [0.15, 0.2) is 0 Å². The van der Waals surface area contributed by atoms with Crippen molar-refractivity contribution in [1.82, 2.24) is 10.3 Å². The number of aromatic nitrogens is 1. The third-order valence-electron chi connectivity index (χ3n) is 2.84. The molecule has 5 heteroatoms. The number of hydrogen-bond acceptors (Lipinski definition) is 3. The van der Waals surface area contributed by atoms with Gasteiger partial charge in [-0.2, -0.15) is 0 Å². The fourth-order valence-electron chi connectivity index (χ4n) is 1.88. The number of halogens is 2. The Morgan fingerprint density at radius 1 is 1.32 bits per heavy atom. The Morgan fingerprint density at radius 3 is 2.63 bits per heavy atom. The second-order valence-corrected chi connectivity index (χ2v) is 7.59. The van der Waals surface area contributed by atoms with Crippen LogP contribution in [-0.4, -0.2) is 11.5 Å². The molecule has 2 aromatic heterocycles. The molecule has 0 saturated heterocycles. The van der Waals surface area contributed by atoms with E-state index < -0.39 is 0 Å². The monoisotopic (exact) mass is 402 g/mol. The van der Waals surface area contributed by atoms with E-state index in [9.17, 15) is 0 Å². The van der Waals surface area contributed by atoms with Gasteiger partial charge in [0, 0.05) is 27.8 Å². The van der Waals surface area contributed by atoms with Crippen LogP contribution in [0.25, 0.3) is 0 Å². The number of nitrogens with zero attached hydrogens (tertiary/aromatic N) is 1. The molecule has 0 aromatic carbocycles. The number of hydrogen-bond donors (Lipinski definition) is 1. The van der Waals surface area contributed by atoms with Crippen LogP contribution in [0.1, 0.15) is 29.8 Å². The van der Waals surface area contributed by atoms with E-state index in [1.54, 1.807) is 11.3 Å². The van der Waals surface area contributed by atoms with Crippen molar-refractivity contribution >= 4 is 43.2 Å². The van der Waals surface area contributed by atoms with Crippen LogP contribution in [0.5, 0.6) is 0 Å². The van der Waals surface area contributed by atoms with Crippen LogP contribution >= 0.6 is 43.2 Å². The van der Waals surface area contributed by atoms with Gasteiger partial charge in [0.1, 0.15) is 0 Å². The first-order valence-electron chi connectivity index (χ1n) is 6.27. The van der Waals surface area contributed by atoms with Crippen LogP contribution in [0.2, 0.25) is 0 Å². The smallest absolute Gasteiger partial charge is 0.0843 e. The van der Waals surface area contributed by atoms with Crippen molar-refractivity contribution in [2.24, 2.45) is 0 Å². The molecule has 2 heterocycles. The molecule has 102 valence electrons. The maximum absolute atomic E-state index is 4.07. The molecular weight excluding hydrogens is 388 g/mol. The molecule has 0 fully saturated rings. The zero-order chi connectivity index (χ0) is 13.7. The van der Waals surface area contributed by atoms with Gasteiger partial charge in [-0.3, -0.25) is 4.98 Å². The maximum Gasteiger partial charge on any atom is 0.0843 e. The molecule has 2 rings (SSSR count). The van der Waals surface area contributed by atoms with E-state index in [1.165, 1.54) is 10.4 Å². The molecule has 0 amide bonds. The lowest BCUT2D eigenvalue weighted by molar-refractivity contribution is 0.536. The third-order valence-corrected chi connectivity index (χ3v) is 6.21. The highest BCUT2D eigenvalue weighted by atomic mass is 79.9. The zero-order valence-corrected chi connectivity index (χ0v) is 14.7. The molecule has 0 radical (unpaired) electrons. The van der Waals surface area contributed by atoms with Crippen molar-refractivity contribution in [2.45, 2.75) is 25.8 Å². The van der Waals surface area contributed by atoms with Crippen LogP contribution in [-0.2, 0) is 6.42 Å². The molecule has 1 N–H and O–H groups in total. The van der Waals surface area contributed by atoms with Crippen molar-refractivity contribution in [3.63, 3.8) is 0 Å². The van der Waals surface area contributed by atoms with Gasteiger partial charge >= 0.3 is 0 Å². The summed E-state index contributed by atoms with van der Waals surface area (Å²) in [5, 5.41) is 3.62. The van der Waals surface area contributed by atoms with E-state index in [1.807, 2.05) is 12.4 Å². The zero-order valence-electron chi connectivity index (χ0n) is 10.7. The second kappa shape index (κ2) is 7.53. The van der Waals surface area contributed by atoms with Gasteiger partial charge in [-0.05, 0) is 75.0 Å². The Morgan fingerprint density at radius 2 is 2.05 bits per heavy atom. The Balaban J connectivity index is 2.15. The highest BCUT2D eigenvalue weighted by Gasteiger charge is 2.15. The molecule has 0 aliphatic heterocycles. The standard InChI is InChI=1S/C14H16Br2N2S/c1-2-5-18-12(8-10-3-6-17-7-4-10)13-9-11(15)14(16)19-13/h3-4,6-7,9,12,18H,2,5,8H2,1H3. The van der Waals surface area contributed by atoms with Crippen LogP contribution in [0.4, 0.5) is 0 Å². The summed E-state index contributed by atoms with van der Waals surface area (Å²) >= 11 is 8.92. The SMILES string of the molecule is CCCNC(Cc1ccncc1)c1cc(Br)c(Br)s1. The van der Waals surface area contributed by atoms with E-state index in [2.05, 4.69) is 67.3 Å². The second-order valence-electron chi connectivity index (χ2n) is 4.34. The normalized spacial score (nSPS) is 12.6. The lowest BCUT2D eigenvalue weighted by Crippen LogP contribution is -2.23. The van der Waals surface area contributed by atoms with Gasteiger partial charge in [-0.15, -0.1) is 11.3 Å². The highest BCUT2D eigenvalue weighted by Crippen LogP contribution is 2.36. The fourth-order valence-corrected chi connectivity index (χ4v) is 4.05. The molecule has 1 unspecified atom stereocenters. The van der Waals surface area contributed by atoms with Gasteiger partial charge in [-0.25, -0.2) is 0 Å². The van der Waals surface area contributed by atoms with E-state index in [0.29, 0.717) is 6.04 Å². The highest BCUT2D eigenvalue weighted by molar-refractivity contribution is 9.13. The summed E-state index contributed by atoms with van der Waals surface area (Å²) in [5.74, 6) is 0. The number of nitrogens with one attached hydrogen (secondary N) is 1. The predicted octanol–water partition coefficient (Wildman–Crippen LogP) is 4.95. The van der Waals surface area contributed by atoms with Gasteiger partial charge in [-0.1, -0.05) is 6.92 Å². The van der Waals surface area contributed by atoms with Crippen molar-refractivity contribution in [3.05, 3.63) is 49.3 Å². The minimum Gasteiger partial charge on any atom is -0.309 e. The Labute approximate surface area is 134 Å². The lowest BCUT2D eigenvalue weighted by atomic mass is 10.1. The minimum absolute atomic E-state index is 0.356. The predicted molar refractivity (Wildman–Crippen MR) is 88.7 cm³/mol. The maximum atomic E-state index is 4.07. The summed E-state index contributed by atoms with van der Waals surface area (Å²) in [6.07, 6.45) is 5.83. The molecular formula is C14H16Br2N2S. The van der Waals surface area contributed by atoms with Gasteiger partial charge in [0.2, 0.25) is 0 Å². The van der Waals surface area contributed by atoms with Crippen LogP contribution in [0.15, 0.2) is 38.9 Å². The first-order chi connectivity index (χ1) is 9.20. The quantitative estimate of drug-likeness (QED) is 0.737. The molecule has 0 aliphatic carbocycles. The molecule has 19 heavy (non-hydrogen) atoms. The first kappa shape index (κ1) is 15.2. The summed E-state index contributed by atoms with van der Waals surface area (Å²) in [7, 11) is 0. The van der Waals surface area contributed by atoms with E-state index in [4.69, 9.17) is 0 Å². The average Bonchev–Trinajstić information content (AvgIpc) is 2.76. The molecule has 0 bridgehead atoms. The number of thiophene rings is 1. The van der Waals surface area contributed by atoms with E-state index in [-0.39, 0.29) is 0 Å². The fraction of sp³-hybridized carbons (Fsp3) is 0.357. The van der Waals surface area contributed by atoms with Crippen molar-refractivity contribution in [1.29, 1.82) is 0 Å². The lowest BCUT2D eigenvalue weighted by Gasteiger charge is -2.17. The summed E-state index contributed by atoms with van der Waals surface area (Å²) in [5.41, 5.74) is 1.31. The summed E-state index contributed by atoms with van der Waals surface area (Å²) < 4.78 is 2.28.